The number of benzene rings is 3. The van der Waals surface area contributed by atoms with Crippen molar-refractivity contribution in [2.75, 3.05) is 20.3 Å². The Balaban J connectivity index is 1.29. The third-order valence-electron chi connectivity index (χ3n) is 5.82. The van der Waals surface area contributed by atoms with Crippen molar-refractivity contribution in [3.63, 3.8) is 0 Å². The maximum absolute atomic E-state index is 12.4. The summed E-state index contributed by atoms with van der Waals surface area (Å²) >= 11 is 6.17. The fourth-order valence-electron chi connectivity index (χ4n) is 3.99. The molecule has 7 heteroatoms. The lowest BCUT2D eigenvalue weighted by atomic mass is 10.1. The maximum atomic E-state index is 12.4. The van der Waals surface area contributed by atoms with Gasteiger partial charge in [-0.15, -0.1) is 0 Å². The van der Waals surface area contributed by atoms with E-state index in [1.54, 1.807) is 13.2 Å². The first kappa shape index (κ1) is 24.6. The van der Waals surface area contributed by atoms with Gasteiger partial charge in [0.2, 0.25) is 5.91 Å². The molecule has 4 aromatic rings. The molecule has 0 atom stereocenters. The highest BCUT2D eigenvalue weighted by molar-refractivity contribution is 6.31. The Morgan fingerprint density at radius 3 is 2.51 bits per heavy atom. The number of unbranched alkanes of at least 4 members (excludes halogenated alkanes) is 1. The van der Waals surface area contributed by atoms with Crippen molar-refractivity contribution >= 4 is 28.5 Å². The molecule has 0 saturated heterocycles. The van der Waals surface area contributed by atoms with Crippen LogP contribution in [-0.2, 0) is 24.2 Å². The Labute approximate surface area is 210 Å². The van der Waals surface area contributed by atoms with E-state index < -0.39 is 0 Å². The number of para-hydroxylation sites is 2. The van der Waals surface area contributed by atoms with Crippen molar-refractivity contribution in [3.8, 4) is 11.5 Å². The van der Waals surface area contributed by atoms with Crippen LogP contribution in [0, 0.1) is 0 Å². The van der Waals surface area contributed by atoms with Gasteiger partial charge < -0.3 is 19.4 Å². The van der Waals surface area contributed by atoms with E-state index in [-0.39, 0.29) is 12.3 Å². The highest BCUT2D eigenvalue weighted by Crippen LogP contribution is 2.19. The number of imidazole rings is 1. The van der Waals surface area contributed by atoms with Gasteiger partial charge in [0, 0.05) is 24.5 Å². The first-order valence-electron chi connectivity index (χ1n) is 11.8. The summed E-state index contributed by atoms with van der Waals surface area (Å²) in [5, 5.41) is 3.61. The number of carbonyl (C=O) groups is 1. The molecule has 0 aliphatic carbocycles. The Bertz CT molecular complexity index is 1250. The molecule has 35 heavy (non-hydrogen) atoms. The van der Waals surface area contributed by atoms with Crippen molar-refractivity contribution in [2.24, 2.45) is 0 Å². The van der Waals surface area contributed by atoms with Gasteiger partial charge in [-0.25, -0.2) is 4.98 Å². The van der Waals surface area contributed by atoms with Crippen molar-refractivity contribution in [1.29, 1.82) is 0 Å². The molecule has 1 heterocycles. The number of aryl methyl sites for hydroxylation is 1. The SMILES string of the molecule is COc1ccc(OCCCCn2c(CCNC(=O)Cc3ccccc3Cl)nc3ccccc32)cc1. The molecule has 0 fully saturated rings. The molecule has 1 aromatic heterocycles. The monoisotopic (exact) mass is 491 g/mol. The third kappa shape index (κ3) is 6.76. The van der Waals surface area contributed by atoms with Gasteiger partial charge in [-0.3, -0.25) is 4.79 Å². The minimum atomic E-state index is -0.0450. The molecule has 0 radical (unpaired) electrons. The lowest BCUT2D eigenvalue weighted by Crippen LogP contribution is -2.28. The van der Waals surface area contributed by atoms with Gasteiger partial charge in [0.25, 0.3) is 0 Å². The van der Waals surface area contributed by atoms with E-state index in [1.165, 1.54) is 0 Å². The Kier molecular flexibility index (Phi) is 8.63. The van der Waals surface area contributed by atoms with Crippen LogP contribution < -0.4 is 14.8 Å². The number of fused-ring (bicyclic) bond motifs is 1. The molecule has 4 rings (SSSR count). The van der Waals surface area contributed by atoms with Crippen molar-refractivity contribution < 1.29 is 14.3 Å². The first-order valence-corrected chi connectivity index (χ1v) is 12.2. The number of methoxy groups -OCH3 is 1. The molecular formula is C28H30ClN3O3. The van der Waals surface area contributed by atoms with Gasteiger partial charge in [0.15, 0.2) is 0 Å². The highest BCUT2D eigenvalue weighted by atomic mass is 35.5. The second-order valence-corrected chi connectivity index (χ2v) is 8.67. The van der Waals surface area contributed by atoms with Crippen LogP contribution in [0.15, 0.2) is 72.8 Å². The van der Waals surface area contributed by atoms with Crippen LogP contribution in [0.25, 0.3) is 11.0 Å². The highest BCUT2D eigenvalue weighted by Gasteiger charge is 2.12. The number of nitrogens with zero attached hydrogens (tertiary/aromatic N) is 2. The molecule has 182 valence electrons. The topological polar surface area (TPSA) is 65.4 Å². The van der Waals surface area contributed by atoms with Gasteiger partial charge in [-0.05, 0) is 60.9 Å². The zero-order valence-corrected chi connectivity index (χ0v) is 20.6. The van der Waals surface area contributed by atoms with E-state index in [4.69, 9.17) is 26.1 Å². The summed E-state index contributed by atoms with van der Waals surface area (Å²) in [7, 11) is 1.65. The Hall–Kier alpha value is -3.51. The van der Waals surface area contributed by atoms with Gasteiger partial charge in [-0.2, -0.15) is 0 Å². The van der Waals surface area contributed by atoms with Gasteiger partial charge >= 0.3 is 0 Å². The first-order chi connectivity index (χ1) is 17.1. The molecule has 6 nitrogen and oxygen atoms in total. The molecule has 0 aliphatic rings. The van der Waals surface area contributed by atoms with Crippen LogP contribution in [0.5, 0.6) is 11.5 Å². The smallest absolute Gasteiger partial charge is 0.224 e. The van der Waals surface area contributed by atoms with E-state index in [1.807, 2.05) is 60.7 Å². The summed E-state index contributed by atoms with van der Waals surface area (Å²) in [5.74, 6) is 2.58. The second kappa shape index (κ2) is 12.3. The standard InChI is InChI=1S/C28H30ClN3O3/c1-34-22-12-14-23(15-13-22)35-19-7-6-18-32-26-11-5-4-10-25(26)31-27(32)16-17-30-28(33)20-21-8-2-3-9-24(21)29/h2-5,8-15H,6-7,16-20H2,1H3,(H,30,33). The van der Waals surface area contributed by atoms with Crippen LogP contribution in [0.3, 0.4) is 0 Å². The van der Waals surface area contributed by atoms with Crippen LogP contribution in [0.1, 0.15) is 24.2 Å². The minimum absolute atomic E-state index is 0.0450. The quantitative estimate of drug-likeness (QED) is 0.267. The number of aromatic nitrogens is 2. The Morgan fingerprint density at radius 1 is 0.971 bits per heavy atom. The molecule has 0 aliphatic heterocycles. The summed E-state index contributed by atoms with van der Waals surface area (Å²) in [6.45, 7) is 2.01. The number of hydrogen-bond donors (Lipinski definition) is 1. The van der Waals surface area contributed by atoms with E-state index in [0.717, 1.165) is 53.3 Å². The van der Waals surface area contributed by atoms with E-state index in [0.29, 0.717) is 24.6 Å². The zero-order chi connectivity index (χ0) is 24.5. The summed E-state index contributed by atoms with van der Waals surface area (Å²) in [6.07, 6.45) is 2.81. The van der Waals surface area contributed by atoms with Gasteiger partial charge in [0.05, 0.1) is 31.2 Å². The van der Waals surface area contributed by atoms with E-state index >= 15 is 0 Å². The molecule has 0 bridgehead atoms. The largest absolute Gasteiger partial charge is 0.497 e. The molecular weight excluding hydrogens is 462 g/mol. The molecule has 3 aromatic carbocycles. The lowest BCUT2D eigenvalue weighted by Gasteiger charge is -2.11. The summed E-state index contributed by atoms with van der Waals surface area (Å²) in [6, 6.07) is 23.2. The van der Waals surface area contributed by atoms with Crippen molar-refractivity contribution in [3.05, 3.63) is 89.2 Å². The fraction of sp³-hybridized carbons (Fsp3) is 0.286. The van der Waals surface area contributed by atoms with E-state index in [2.05, 4.69) is 16.0 Å². The van der Waals surface area contributed by atoms with Gasteiger partial charge in [-0.1, -0.05) is 41.9 Å². The molecule has 1 N–H and O–H groups in total. The summed E-state index contributed by atoms with van der Waals surface area (Å²) in [4.78, 5) is 17.2. The van der Waals surface area contributed by atoms with E-state index in [9.17, 15) is 4.79 Å². The number of halogens is 1. The van der Waals surface area contributed by atoms with Crippen LogP contribution in [0.2, 0.25) is 5.02 Å². The van der Waals surface area contributed by atoms with Gasteiger partial charge in [0.1, 0.15) is 17.3 Å². The van der Waals surface area contributed by atoms with Crippen molar-refractivity contribution in [2.45, 2.75) is 32.2 Å². The third-order valence-corrected chi connectivity index (χ3v) is 6.19. The predicted molar refractivity (Wildman–Crippen MR) is 139 cm³/mol. The minimum Gasteiger partial charge on any atom is -0.497 e. The summed E-state index contributed by atoms with van der Waals surface area (Å²) in [5.41, 5.74) is 2.91. The Morgan fingerprint density at radius 2 is 1.71 bits per heavy atom. The lowest BCUT2D eigenvalue weighted by molar-refractivity contribution is -0.120. The summed E-state index contributed by atoms with van der Waals surface area (Å²) < 4.78 is 13.3. The number of hydrogen-bond acceptors (Lipinski definition) is 4. The maximum Gasteiger partial charge on any atom is 0.224 e. The molecule has 1 amide bonds. The average molecular weight is 492 g/mol. The van der Waals surface area contributed by atoms with Crippen LogP contribution >= 0.6 is 11.6 Å². The number of ether oxygens (including phenoxy) is 2. The second-order valence-electron chi connectivity index (χ2n) is 8.27. The van der Waals surface area contributed by atoms with Crippen LogP contribution in [-0.4, -0.2) is 35.7 Å². The number of nitrogens with one attached hydrogen (secondary N) is 1. The fourth-order valence-corrected chi connectivity index (χ4v) is 4.19. The molecule has 0 saturated carbocycles. The number of rotatable bonds is 12. The number of carbonyl (C=O) groups excluding carboxylic acids is 1. The number of amides is 1. The average Bonchev–Trinajstić information content (AvgIpc) is 3.23. The normalized spacial score (nSPS) is 10.9. The zero-order valence-electron chi connectivity index (χ0n) is 19.9. The van der Waals surface area contributed by atoms with Crippen LogP contribution in [0.4, 0.5) is 0 Å². The molecule has 0 unspecified atom stereocenters. The predicted octanol–water partition coefficient (Wildman–Crippen LogP) is 5.46. The van der Waals surface area contributed by atoms with Crippen molar-refractivity contribution in [1.82, 2.24) is 14.9 Å². The molecule has 0 spiro atoms.